The van der Waals surface area contributed by atoms with E-state index in [0.29, 0.717) is 48.3 Å². The van der Waals surface area contributed by atoms with Crippen LogP contribution in [-0.2, 0) is 21.9 Å². The Balaban J connectivity index is 1.56. The van der Waals surface area contributed by atoms with Crippen molar-refractivity contribution in [1.82, 2.24) is 9.80 Å². The number of nitrogens with two attached hydrogens (primary N) is 1. The third-order valence-electron chi connectivity index (χ3n) is 9.03. The zero-order chi connectivity index (χ0) is 34.1. The highest BCUT2D eigenvalue weighted by atomic mass is 19.4. The van der Waals surface area contributed by atoms with E-state index in [0.717, 1.165) is 7.05 Å². The third-order valence-corrected chi connectivity index (χ3v) is 9.03. The monoisotopic (exact) mass is 660 g/mol. The van der Waals surface area contributed by atoms with Gasteiger partial charge in [-0.1, -0.05) is 12.1 Å². The third kappa shape index (κ3) is 7.84. The molecule has 8 nitrogen and oxygen atoms in total. The molecule has 1 unspecified atom stereocenters. The van der Waals surface area contributed by atoms with Crippen LogP contribution in [0.4, 0.5) is 46.0 Å². The molecule has 1 saturated heterocycles. The minimum atomic E-state index is -5.10. The topological polar surface area (TPSA) is 96.2 Å². The Kier molecular flexibility index (Phi) is 10.1. The van der Waals surface area contributed by atoms with Gasteiger partial charge >= 0.3 is 24.5 Å². The van der Waals surface area contributed by atoms with Crippen LogP contribution in [0.1, 0.15) is 55.2 Å². The number of urea groups is 1. The molecular formula is C31H35F7N4O4. The summed E-state index contributed by atoms with van der Waals surface area (Å²) in [5.41, 5.74) is 1.98. The molecule has 4 rings (SSSR count). The summed E-state index contributed by atoms with van der Waals surface area (Å²) >= 11 is 0. The van der Waals surface area contributed by atoms with Crippen LogP contribution in [-0.4, -0.2) is 67.2 Å². The number of likely N-dealkylation sites (N-methyl/N-ethyl adjacent to an activating group) is 1. The van der Waals surface area contributed by atoms with Crippen LogP contribution in [0.15, 0.2) is 42.5 Å². The maximum absolute atomic E-state index is 13.8. The molecule has 2 aromatic carbocycles. The number of hydrogen-bond acceptors (Lipinski definition) is 4. The van der Waals surface area contributed by atoms with E-state index >= 15 is 0 Å². The molecule has 1 aliphatic carbocycles. The number of primary amides is 1. The average molecular weight is 661 g/mol. The number of benzene rings is 2. The Bertz CT molecular complexity index is 1390. The molecule has 1 aliphatic heterocycles. The van der Waals surface area contributed by atoms with E-state index in [9.17, 15) is 45.1 Å². The van der Waals surface area contributed by atoms with Crippen molar-refractivity contribution in [2.24, 2.45) is 17.6 Å². The van der Waals surface area contributed by atoms with Crippen LogP contribution in [0.2, 0.25) is 0 Å². The highest BCUT2D eigenvalue weighted by Crippen LogP contribution is 2.40. The highest BCUT2D eigenvalue weighted by Gasteiger charge is 2.44. The van der Waals surface area contributed by atoms with E-state index in [-0.39, 0.29) is 36.9 Å². The quantitative estimate of drug-likeness (QED) is 0.352. The Morgan fingerprint density at radius 3 is 1.93 bits per heavy atom. The van der Waals surface area contributed by atoms with E-state index in [1.165, 1.54) is 36.2 Å². The first kappa shape index (κ1) is 34.8. The van der Waals surface area contributed by atoms with Crippen LogP contribution in [0.25, 0.3) is 0 Å². The largest absolute Gasteiger partial charge is 0.446 e. The van der Waals surface area contributed by atoms with Crippen molar-refractivity contribution in [1.29, 1.82) is 0 Å². The van der Waals surface area contributed by atoms with Gasteiger partial charge in [-0.15, -0.1) is 0 Å². The minimum Gasteiger partial charge on any atom is -0.446 e. The highest BCUT2D eigenvalue weighted by molar-refractivity contribution is 5.92. The number of alkyl halides is 6. The van der Waals surface area contributed by atoms with Crippen LogP contribution >= 0.6 is 0 Å². The van der Waals surface area contributed by atoms with Crippen molar-refractivity contribution in [2.75, 3.05) is 32.1 Å². The molecule has 0 bridgehead atoms. The number of carbonyl (C=O) groups is 3. The Morgan fingerprint density at radius 2 is 1.43 bits per heavy atom. The molecule has 15 heteroatoms. The van der Waals surface area contributed by atoms with E-state index < -0.39 is 65.2 Å². The molecular weight excluding hydrogens is 625 g/mol. The number of amides is 4. The smallest absolute Gasteiger partial charge is 0.416 e. The second-order valence-corrected chi connectivity index (χ2v) is 11.9. The van der Waals surface area contributed by atoms with Gasteiger partial charge in [0, 0.05) is 44.7 Å². The van der Waals surface area contributed by atoms with Crippen LogP contribution in [0.5, 0.6) is 0 Å². The zero-order valence-corrected chi connectivity index (χ0v) is 25.4. The predicted octanol–water partition coefficient (Wildman–Crippen LogP) is 6.64. The Labute approximate surface area is 261 Å². The first-order valence-electron chi connectivity index (χ1n) is 14.7. The summed E-state index contributed by atoms with van der Waals surface area (Å²) < 4.78 is 99.8. The summed E-state index contributed by atoms with van der Waals surface area (Å²) in [6, 6.07) is 4.75. The molecule has 46 heavy (non-hydrogen) atoms. The number of rotatable bonds is 6. The SMILES string of the molecule is CC(OC(N)=O)[C@H]1CC[C@H](C(=O)N2C[C@@H](N(C)C(=O)N(C)c3cc(C(F)(F)F)cc(C(F)(F)F)c3)[C@H](c3ccc(F)cc3)C2)CC1. The van der Waals surface area contributed by atoms with Gasteiger partial charge < -0.3 is 20.3 Å². The van der Waals surface area contributed by atoms with Gasteiger partial charge in [-0.3, -0.25) is 9.69 Å². The molecule has 0 aromatic heterocycles. The molecule has 0 spiro atoms. The number of nitrogens with zero attached hydrogens (tertiary/aromatic N) is 3. The van der Waals surface area contributed by atoms with Crippen molar-refractivity contribution >= 4 is 23.7 Å². The van der Waals surface area contributed by atoms with Gasteiger partial charge in [0.1, 0.15) is 11.9 Å². The second-order valence-electron chi connectivity index (χ2n) is 11.9. The predicted molar refractivity (Wildman–Crippen MR) is 153 cm³/mol. The van der Waals surface area contributed by atoms with Crippen LogP contribution in [0.3, 0.4) is 0 Å². The molecule has 1 saturated carbocycles. The molecule has 2 aromatic rings. The van der Waals surface area contributed by atoms with Crippen molar-refractivity contribution in [3.63, 3.8) is 0 Å². The number of carbonyl (C=O) groups excluding carboxylic acids is 3. The molecule has 252 valence electrons. The normalized spacial score (nSPS) is 22.7. The molecule has 2 aliphatic rings. The van der Waals surface area contributed by atoms with E-state index in [1.807, 2.05) is 0 Å². The first-order chi connectivity index (χ1) is 21.4. The zero-order valence-electron chi connectivity index (χ0n) is 25.4. The van der Waals surface area contributed by atoms with Crippen LogP contribution in [0, 0.1) is 17.7 Å². The summed E-state index contributed by atoms with van der Waals surface area (Å²) in [6.45, 7) is 1.93. The lowest BCUT2D eigenvalue weighted by Crippen LogP contribution is -2.48. The van der Waals surface area contributed by atoms with Crippen LogP contribution < -0.4 is 10.6 Å². The van der Waals surface area contributed by atoms with E-state index in [2.05, 4.69) is 0 Å². The second kappa shape index (κ2) is 13.4. The van der Waals surface area contributed by atoms with Gasteiger partial charge in [0.2, 0.25) is 5.91 Å². The molecule has 4 amide bonds. The van der Waals surface area contributed by atoms with Crippen molar-refractivity contribution in [3.05, 3.63) is 65.0 Å². The fourth-order valence-electron chi connectivity index (χ4n) is 6.39. The fraction of sp³-hybridized carbons (Fsp3) is 0.516. The number of anilines is 1. The summed E-state index contributed by atoms with van der Waals surface area (Å²) in [4.78, 5) is 41.9. The standard InChI is InChI=1S/C31H35F7N4O4/c1-17(46-28(39)44)18-4-6-20(7-5-18)27(43)42-15-25(19-8-10-23(32)11-9-19)26(16-42)41(3)29(45)40(2)24-13-21(30(33,34)35)12-22(14-24)31(36,37)38/h8-14,17-18,20,25-26H,4-7,15-16H2,1-3H3,(H2,39,44)/t17?,18-,20-,25-,26+/m0/s1. The molecule has 3 atom stereocenters. The lowest BCUT2D eigenvalue weighted by molar-refractivity contribution is -0.143. The van der Waals surface area contributed by atoms with Gasteiger partial charge in [-0.2, -0.15) is 26.3 Å². The molecule has 2 fully saturated rings. The summed E-state index contributed by atoms with van der Waals surface area (Å²) in [5, 5.41) is 0. The van der Waals surface area contributed by atoms with Gasteiger partial charge in [0.15, 0.2) is 0 Å². The lowest BCUT2D eigenvalue weighted by atomic mass is 9.79. The first-order valence-corrected chi connectivity index (χ1v) is 14.7. The summed E-state index contributed by atoms with van der Waals surface area (Å²) in [5.74, 6) is -1.52. The van der Waals surface area contributed by atoms with Crippen molar-refractivity contribution in [3.8, 4) is 0 Å². The molecule has 0 radical (unpaired) electrons. The van der Waals surface area contributed by atoms with Gasteiger partial charge in [-0.25, -0.2) is 14.0 Å². The number of halogens is 7. The van der Waals surface area contributed by atoms with E-state index in [1.54, 1.807) is 11.8 Å². The average Bonchev–Trinajstić information content (AvgIpc) is 3.44. The lowest BCUT2D eigenvalue weighted by Gasteiger charge is -2.34. The van der Waals surface area contributed by atoms with Gasteiger partial charge in [-0.05, 0) is 74.4 Å². The fourth-order valence-corrected chi connectivity index (χ4v) is 6.39. The number of hydrogen-bond donors (Lipinski definition) is 1. The Hall–Kier alpha value is -4.04. The van der Waals surface area contributed by atoms with Crippen molar-refractivity contribution < 1.29 is 49.9 Å². The molecule has 1 heterocycles. The molecule has 2 N–H and O–H groups in total. The summed E-state index contributed by atoms with van der Waals surface area (Å²) in [7, 11) is 2.43. The number of likely N-dealkylation sites (tertiary alicyclic amines) is 1. The van der Waals surface area contributed by atoms with Crippen molar-refractivity contribution in [2.45, 2.75) is 63.0 Å². The summed E-state index contributed by atoms with van der Waals surface area (Å²) in [6.07, 6.45) is -9.21. The Morgan fingerprint density at radius 1 is 0.891 bits per heavy atom. The minimum absolute atomic E-state index is 0.0184. The van der Waals surface area contributed by atoms with E-state index in [4.69, 9.17) is 10.5 Å². The maximum Gasteiger partial charge on any atom is 0.416 e. The maximum atomic E-state index is 13.8. The van der Waals surface area contributed by atoms with Gasteiger partial charge in [0.05, 0.1) is 17.2 Å². The number of ether oxygens (including phenoxy) is 1. The van der Waals surface area contributed by atoms with Gasteiger partial charge in [0.25, 0.3) is 0 Å².